The number of nitrogens with zero attached hydrogens (tertiary/aromatic N) is 1. The van der Waals surface area contributed by atoms with Crippen LogP contribution in [0.5, 0.6) is 0 Å². The summed E-state index contributed by atoms with van der Waals surface area (Å²) in [6, 6.07) is 0. The lowest BCUT2D eigenvalue weighted by Gasteiger charge is -2.31. The van der Waals surface area contributed by atoms with Crippen LogP contribution in [-0.2, 0) is 4.74 Å². The zero-order valence-electron chi connectivity index (χ0n) is 9.05. The molecule has 0 atom stereocenters. The number of piperidine rings is 1. The molecule has 0 saturated carbocycles. The summed E-state index contributed by atoms with van der Waals surface area (Å²) in [5.74, 6) is 0. The highest BCUT2D eigenvalue weighted by Gasteiger charge is 2.19. The van der Waals surface area contributed by atoms with Crippen LogP contribution in [0.25, 0.3) is 0 Å². The molecule has 0 radical (unpaired) electrons. The molecular formula is C10H22N2O. The molecule has 3 heteroatoms. The molecule has 2 N–H and O–H groups in total. The molecule has 1 heterocycles. The van der Waals surface area contributed by atoms with Crippen LogP contribution in [0.2, 0.25) is 0 Å². The molecule has 1 fully saturated rings. The Balaban J connectivity index is 2.16. The first-order chi connectivity index (χ1) is 5.97. The Hall–Kier alpha value is -0.120. The van der Waals surface area contributed by atoms with Gasteiger partial charge in [-0.15, -0.1) is 0 Å². The molecule has 1 aliphatic rings. The zero-order valence-corrected chi connectivity index (χ0v) is 9.05. The van der Waals surface area contributed by atoms with E-state index in [0.717, 1.165) is 25.9 Å². The van der Waals surface area contributed by atoms with Gasteiger partial charge in [-0.3, -0.25) is 0 Å². The number of ether oxygens (including phenoxy) is 1. The van der Waals surface area contributed by atoms with Crippen molar-refractivity contribution in [3.05, 3.63) is 0 Å². The minimum absolute atomic E-state index is 0.191. The summed E-state index contributed by atoms with van der Waals surface area (Å²) in [5.41, 5.74) is 5.65. The summed E-state index contributed by atoms with van der Waals surface area (Å²) in [6.45, 7) is 6.97. The Morgan fingerprint density at radius 2 is 1.92 bits per heavy atom. The fourth-order valence-corrected chi connectivity index (χ4v) is 1.48. The van der Waals surface area contributed by atoms with Crippen LogP contribution in [0.3, 0.4) is 0 Å². The van der Waals surface area contributed by atoms with Crippen molar-refractivity contribution in [2.45, 2.75) is 38.3 Å². The van der Waals surface area contributed by atoms with Crippen LogP contribution in [0.15, 0.2) is 0 Å². The van der Waals surface area contributed by atoms with Crippen LogP contribution in [0.1, 0.15) is 26.7 Å². The minimum atomic E-state index is -0.191. The van der Waals surface area contributed by atoms with Crippen molar-refractivity contribution in [1.82, 2.24) is 4.90 Å². The molecule has 0 bridgehead atoms. The average molecular weight is 186 g/mol. The molecule has 0 spiro atoms. The SMILES string of the molecule is CN1CCC(OCC(C)(C)N)CC1. The zero-order chi connectivity index (χ0) is 9.90. The topological polar surface area (TPSA) is 38.5 Å². The molecule has 1 saturated heterocycles. The Bertz CT molecular complexity index is 145. The van der Waals surface area contributed by atoms with Crippen LogP contribution in [0.4, 0.5) is 0 Å². The molecule has 0 aliphatic carbocycles. The Morgan fingerprint density at radius 1 is 1.38 bits per heavy atom. The maximum atomic E-state index is 5.84. The number of hydrogen-bond acceptors (Lipinski definition) is 3. The fraction of sp³-hybridized carbons (Fsp3) is 1.00. The van der Waals surface area contributed by atoms with Gasteiger partial charge in [-0.05, 0) is 33.7 Å². The number of likely N-dealkylation sites (tertiary alicyclic amines) is 1. The lowest BCUT2D eigenvalue weighted by atomic mass is 10.1. The van der Waals surface area contributed by atoms with Crippen molar-refractivity contribution >= 4 is 0 Å². The Morgan fingerprint density at radius 3 is 2.38 bits per heavy atom. The Kier molecular flexibility index (Phi) is 3.71. The highest BCUT2D eigenvalue weighted by Crippen LogP contribution is 2.13. The maximum Gasteiger partial charge on any atom is 0.0644 e. The first-order valence-electron chi connectivity index (χ1n) is 5.06. The van der Waals surface area contributed by atoms with Crippen molar-refractivity contribution in [2.75, 3.05) is 26.7 Å². The van der Waals surface area contributed by atoms with Gasteiger partial charge in [0.1, 0.15) is 0 Å². The van der Waals surface area contributed by atoms with Crippen molar-refractivity contribution in [3.8, 4) is 0 Å². The minimum Gasteiger partial charge on any atom is -0.376 e. The van der Waals surface area contributed by atoms with E-state index in [-0.39, 0.29) is 5.54 Å². The monoisotopic (exact) mass is 186 g/mol. The van der Waals surface area contributed by atoms with Crippen molar-refractivity contribution in [3.63, 3.8) is 0 Å². The van der Waals surface area contributed by atoms with Crippen LogP contribution in [0, 0.1) is 0 Å². The van der Waals surface area contributed by atoms with E-state index >= 15 is 0 Å². The first kappa shape index (κ1) is 11.0. The summed E-state index contributed by atoms with van der Waals surface area (Å²) in [5, 5.41) is 0. The lowest BCUT2D eigenvalue weighted by molar-refractivity contribution is -0.00601. The van der Waals surface area contributed by atoms with Gasteiger partial charge in [0.05, 0.1) is 12.7 Å². The van der Waals surface area contributed by atoms with Gasteiger partial charge in [-0.25, -0.2) is 0 Å². The second-order valence-corrected chi connectivity index (χ2v) is 4.80. The third-order valence-corrected chi connectivity index (χ3v) is 2.36. The summed E-state index contributed by atoms with van der Waals surface area (Å²) >= 11 is 0. The summed E-state index contributed by atoms with van der Waals surface area (Å²) in [4.78, 5) is 2.34. The average Bonchev–Trinajstić information content (AvgIpc) is 2.02. The van der Waals surface area contributed by atoms with Crippen molar-refractivity contribution < 1.29 is 4.74 Å². The van der Waals surface area contributed by atoms with E-state index in [1.165, 1.54) is 0 Å². The maximum absolute atomic E-state index is 5.84. The van der Waals surface area contributed by atoms with Gasteiger partial charge in [-0.1, -0.05) is 0 Å². The second kappa shape index (κ2) is 4.40. The van der Waals surface area contributed by atoms with E-state index < -0.39 is 0 Å². The molecule has 1 aliphatic heterocycles. The highest BCUT2D eigenvalue weighted by atomic mass is 16.5. The van der Waals surface area contributed by atoms with Gasteiger partial charge in [0, 0.05) is 18.6 Å². The molecule has 0 unspecified atom stereocenters. The van der Waals surface area contributed by atoms with E-state index in [9.17, 15) is 0 Å². The largest absolute Gasteiger partial charge is 0.376 e. The third kappa shape index (κ3) is 4.60. The predicted octanol–water partition coefficient (Wildman–Crippen LogP) is 0.834. The van der Waals surface area contributed by atoms with E-state index in [0.29, 0.717) is 12.7 Å². The molecule has 3 nitrogen and oxygen atoms in total. The normalized spacial score (nSPS) is 22.2. The number of hydrogen-bond donors (Lipinski definition) is 1. The molecule has 0 aromatic heterocycles. The van der Waals surface area contributed by atoms with Crippen LogP contribution >= 0.6 is 0 Å². The second-order valence-electron chi connectivity index (χ2n) is 4.80. The molecule has 0 amide bonds. The summed E-state index contributed by atoms with van der Waals surface area (Å²) < 4.78 is 5.74. The van der Waals surface area contributed by atoms with Gasteiger partial charge in [0.25, 0.3) is 0 Å². The summed E-state index contributed by atoms with van der Waals surface area (Å²) in [6.07, 6.45) is 2.72. The molecule has 0 aromatic carbocycles. The predicted molar refractivity (Wildman–Crippen MR) is 54.7 cm³/mol. The quantitative estimate of drug-likeness (QED) is 0.709. The van der Waals surface area contributed by atoms with E-state index in [2.05, 4.69) is 11.9 Å². The molecule has 1 rings (SSSR count). The summed E-state index contributed by atoms with van der Waals surface area (Å²) in [7, 11) is 2.16. The first-order valence-corrected chi connectivity index (χ1v) is 5.06. The van der Waals surface area contributed by atoms with E-state index in [4.69, 9.17) is 10.5 Å². The molecule has 13 heavy (non-hydrogen) atoms. The van der Waals surface area contributed by atoms with Crippen molar-refractivity contribution in [1.29, 1.82) is 0 Å². The molecule has 78 valence electrons. The van der Waals surface area contributed by atoms with Crippen LogP contribution < -0.4 is 5.73 Å². The van der Waals surface area contributed by atoms with E-state index in [1.54, 1.807) is 0 Å². The van der Waals surface area contributed by atoms with Gasteiger partial charge >= 0.3 is 0 Å². The third-order valence-electron chi connectivity index (χ3n) is 2.36. The van der Waals surface area contributed by atoms with Gasteiger partial charge in [0.15, 0.2) is 0 Å². The molecule has 0 aromatic rings. The van der Waals surface area contributed by atoms with Gasteiger partial charge < -0.3 is 15.4 Å². The van der Waals surface area contributed by atoms with E-state index in [1.807, 2.05) is 13.8 Å². The molecular weight excluding hydrogens is 164 g/mol. The fourth-order valence-electron chi connectivity index (χ4n) is 1.48. The lowest BCUT2D eigenvalue weighted by Crippen LogP contribution is -2.41. The van der Waals surface area contributed by atoms with Gasteiger partial charge in [-0.2, -0.15) is 0 Å². The van der Waals surface area contributed by atoms with Crippen molar-refractivity contribution in [2.24, 2.45) is 5.73 Å². The standard InChI is InChI=1S/C10H22N2O/c1-10(2,11)8-13-9-4-6-12(3)7-5-9/h9H,4-8,11H2,1-3H3. The number of rotatable bonds is 3. The number of nitrogens with two attached hydrogens (primary N) is 1. The van der Waals surface area contributed by atoms with Crippen LogP contribution in [-0.4, -0.2) is 43.3 Å². The highest BCUT2D eigenvalue weighted by molar-refractivity contribution is 4.74. The van der Waals surface area contributed by atoms with Gasteiger partial charge in [0.2, 0.25) is 0 Å². The Labute approximate surface area is 81.2 Å². The smallest absolute Gasteiger partial charge is 0.0644 e.